The fourth-order valence-corrected chi connectivity index (χ4v) is 2.31. The summed E-state index contributed by atoms with van der Waals surface area (Å²) in [6.45, 7) is 3.98. The van der Waals surface area contributed by atoms with Crippen molar-refractivity contribution in [3.63, 3.8) is 0 Å². The van der Waals surface area contributed by atoms with Crippen molar-refractivity contribution in [2.45, 2.75) is 26.3 Å². The molecule has 100 valence electrons. The van der Waals surface area contributed by atoms with Gasteiger partial charge in [-0.25, -0.2) is 0 Å². The Morgan fingerprint density at radius 3 is 2.42 bits per heavy atom. The van der Waals surface area contributed by atoms with Gasteiger partial charge in [-0.2, -0.15) is 0 Å². The molecule has 3 heteroatoms. The molecule has 1 atom stereocenters. The van der Waals surface area contributed by atoms with Gasteiger partial charge >= 0.3 is 0 Å². The first-order valence-electron chi connectivity index (χ1n) is 6.43. The van der Waals surface area contributed by atoms with Crippen LogP contribution in [-0.2, 0) is 6.42 Å². The minimum Gasteiger partial charge on any atom is -0.496 e. The number of nitrogens with two attached hydrogens (primary N) is 1. The molecule has 2 aromatic rings. The molecule has 19 heavy (non-hydrogen) atoms. The van der Waals surface area contributed by atoms with Crippen molar-refractivity contribution < 1.29 is 4.74 Å². The van der Waals surface area contributed by atoms with Gasteiger partial charge in [0.25, 0.3) is 0 Å². The van der Waals surface area contributed by atoms with Gasteiger partial charge in [0.2, 0.25) is 0 Å². The number of ether oxygens (including phenoxy) is 1. The van der Waals surface area contributed by atoms with Gasteiger partial charge in [-0.05, 0) is 49.6 Å². The zero-order valence-corrected chi connectivity index (χ0v) is 11.7. The van der Waals surface area contributed by atoms with Crippen molar-refractivity contribution in [3.8, 4) is 5.75 Å². The van der Waals surface area contributed by atoms with Gasteiger partial charge in [-0.15, -0.1) is 0 Å². The predicted molar refractivity (Wildman–Crippen MR) is 77.3 cm³/mol. The Hall–Kier alpha value is -1.87. The quantitative estimate of drug-likeness (QED) is 0.915. The van der Waals surface area contributed by atoms with E-state index in [0.717, 1.165) is 34.7 Å². The highest BCUT2D eigenvalue weighted by Gasteiger charge is 2.11. The average molecular weight is 256 g/mol. The van der Waals surface area contributed by atoms with Crippen molar-refractivity contribution in [3.05, 3.63) is 58.9 Å². The summed E-state index contributed by atoms with van der Waals surface area (Å²) >= 11 is 0. The van der Waals surface area contributed by atoms with Crippen LogP contribution in [0.3, 0.4) is 0 Å². The lowest BCUT2D eigenvalue weighted by atomic mass is 9.98. The Morgan fingerprint density at radius 2 is 1.79 bits per heavy atom. The number of aromatic nitrogens is 1. The Bertz CT molecular complexity index is 546. The first kappa shape index (κ1) is 13.6. The molecule has 0 amide bonds. The van der Waals surface area contributed by atoms with E-state index in [9.17, 15) is 0 Å². The number of pyridine rings is 1. The topological polar surface area (TPSA) is 48.1 Å². The largest absolute Gasteiger partial charge is 0.496 e. The summed E-state index contributed by atoms with van der Waals surface area (Å²) in [6, 6.07) is 12.0. The minimum absolute atomic E-state index is 0.0447. The van der Waals surface area contributed by atoms with Crippen molar-refractivity contribution in [2.75, 3.05) is 7.11 Å². The van der Waals surface area contributed by atoms with E-state index in [0.29, 0.717) is 0 Å². The second kappa shape index (κ2) is 5.85. The van der Waals surface area contributed by atoms with E-state index in [-0.39, 0.29) is 6.04 Å². The number of rotatable bonds is 4. The Kier molecular flexibility index (Phi) is 4.17. The van der Waals surface area contributed by atoms with Crippen molar-refractivity contribution >= 4 is 0 Å². The smallest absolute Gasteiger partial charge is 0.122 e. The van der Waals surface area contributed by atoms with Gasteiger partial charge in [0.15, 0.2) is 0 Å². The molecule has 0 fully saturated rings. The van der Waals surface area contributed by atoms with Crippen molar-refractivity contribution in [1.29, 1.82) is 0 Å². The molecule has 2 N–H and O–H groups in total. The van der Waals surface area contributed by atoms with E-state index in [2.05, 4.69) is 11.1 Å². The normalized spacial score (nSPS) is 12.2. The van der Waals surface area contributed by atoms with Gasteiger partial charge in [0.1, 0.15) is 5.75 Å². The maximum absolute atomic E-state index is 6.31. The third kappa shape index (κ3) is 3.32. The Balaban J connectivity index is 2.22. The molecule has 0 radical (unpaired) electrons. The molecule has 1 aromatic carbocycles. The van der Waals surface area contributed by atoms with Gasteiger partial charge in [0, 0.05) is 17.4 Å². The summed E-state index contributed by atoms with van der Waals surface area (Å²) in [7, 11) is 1.69. The van der Waals surface area contributed by atoms with Crippen LogP contribution in [0, 0.1) is 13.8 Å². The highest BCUT2D eigenvalue weighted by Crippen LogP contribution is 2.24. The second-order valence-corrected chi connectivity index (χ2v) is 4.81. The van der Waals surface area contributed by atoms with E-state index < -0.39 is 0 Å². The van der Waals surface area contributed by atoms with Gasteiger partial charge in [0.05, 0.1) is 7.11 Å². The van der Waals surface area contributed by atoms with Crippen LogP contribution in [0.2, 0.25) is 0 Å². The van der Waals surface area contributed by atoms with E-state index >= 15 is 0 Å². The third-order valence-electron chi connectivity index (χ3n) is 3.16. The van der Waals surface area contributed by atoms with Crippen LogP contribution < -0.4 is 10.5 Å². The zero-order valence-electron chi connectivity index (χ0n) is 11.7. The van der Waals surface area contributed by atoms with Crippen LogP contribution in [0.15, 0.2) is 36.4 Å². The summed E-state index contributed by atoms with van der Waals surface area (Å²) in [4.78, 5) is 4.38. The van der Waals surface area contributed by atoms with Crippen LogP contribution in [-0.4, -0.2) is 12.1 Å². The second-order valence-electron chi connectivity index (χ2n) is 4.81. The molecule has 0 spiro atoms. The maximum atomic E-state index is 6.31. The number of benzene rings is 1. The summed E-state index contributed by atoms with van der Waals surface area (Å²) in [6.07, 6.45) is 0.757. The summed E-state index contributed by atoms with van der Waals surface area (Å²) in [5.41, 5.74) is 10.6. The molecule has 1 unspecified atom stereocenters. The number of hydrogen-bond donors (Lipinski definition) is 1. The molecule has 0 bridgehead atoms. The molecule has 3 nitrogen and oxygen atoms in total. The molecular formula is C16H20N2O. The highest BCUT2D eigenvalue weighted by atomic mass is 16.5. The lowest BCUT2D eigenvalue weighted by molar-refractivity contribution is 0.408. The lowest BCUT2D eigenvalue weighted by Gasteiger charge is -2.15. The van der Waals surface area contributed by atoms with Gasteiger partial charge < -0.3 is 10.5 Å². The Morgan fingerprint density at radius 1 is 1.16 bits per heavy atom. The van der Waals surface area contributed by atoms with Crippen LogP contribution in [0.4, 0.5) is 0 Å². The van der Waals surface area contributed by atoms with Crippen LogP contribution in [0.25, 0.3) is 0 Å². The first-order valence-corrected chi connectivity index (χ1v) is 6.43. The molecule has 2 rings (SSSR count). The number of aryl methyl sites for hydroxylation is 2. The molecule has 0 aliphatic heterocycles. The van der Waals surface area contributed by atoms with Crippen LogP contribution in [0.5, 0.6) is 5.75 Å². The lowest BCUT2D eigenvalue weighted by Crippen LogP contribution is -2.14. The van der Waals surface area contributed by atoms with E-state index in [1.165, 1.54) is 0 Å². The monoisotopic (exact) mass is 256 g/mol. The van der Waals surface area contributed by atoms with Crippen molar-refractivity contribution in [1.82, 2.24) is 4.98 Å². The fraction of sp³-hybridized carbons (Fsp3) is 0.312. The predicted octanol–water partition coefficient (Wildman–Crippen LogP) is 2.95. The van der Waals surface area contributed by atoms with E-state index in [1.807, 2.05) is 44.2 Å². The molecule has 0 saturated carbocycles. The van der Waals surface area contributed by atoms with Crippen LogP contribution in [0.1, 0.15) is 28.6 Å². The molecule has 1 aromatic heterocycles. The van der Waals surface area contributed by atoms with Gasteiger partial charge in [-0.3, -0.25) is 4.98 Å². The summed E-state index contributed by atoms with van der Waals surface area (Å²) in [5, 5.41) is 0. The number of hydrogen-bond acceptors (Lipinski definition) is 3. The number of nitrogens with zero attached hydrogens (tertiary/aromatic N) is 1. The number of methoxy groups -OCH3 is 1. The average Bonchev–Trinajstić information content (AvgIpc) is 2.38. The molecular weight excluding hydrogens is 236 g/mol. The highest BCUT2D eigenvalue weighted by molar-refractivity contribution is 5.35. The maximum Gasteiger partial charge on any atom is 0.122 e. The summed E-state index contributed by atoms with van der Waals surface area (Å²) < 4.78 is 5.36. The minimum atomic E-state index is -0.0447. The number of para-hydroxylation sites is 1. The molecule has 0 aliphatic rings. The van der Waals surface area contributed by atoms with Crippen LogP contribution >= 0.6 is 0 Å². The fourth-order valence-electron chi connectivity index (χ4n) is 2.31. The molecule has 0 aliphatic carbocycles. The molecule has 1 heterocycles. The van der Waals surface area contributed by atoms with E-state index in [1.54, 1.807) is 7.11 Å². The van der Waals surface area contributed by atoms with Crippen molar-refractivity contribution in [2.24, 2.45) is 5.73 Å². The third-order valence-corrected chi connectivity index (χ3v) is 3.16. The first-order chi connectivity index (χ1) is 9.10. The van der Waals surface area contributed by atoms with E-state index in [4.69, 9.17) is 10.5 Å². The Labute approximate surface area is 114 Å². The van der Waals surface area contributed by atoms with Gasteiger partial charge in [-0.1, -0.05) is 18.2 Å². The molecule has 0 saturated heterocycles. The zero-order chi connectivity index (χ0) is 13.8. The summed E-state index contributed by atoms with van der Waals surface area (Å²) in [5.74, 6) is 0.889. The standard InChI is InChI=1S/C16H20N2O/c1-11-8-14(9-12(2)18-11)15(17)10-13-6-4-5-7-16(13)19-3/h4-9,15H,10,17H2,1-3H3. The SMILES string of the molecule is COc1ccccc1CC(N)c1cc(C)nc(C)c1.